The van der Waals surface area contributed by atoms with Gasteiger partial charge in [0.2, 0.25) is 0 Å². The Hall–Kier alpha value is -1.55. The van der Waals surface area contributed by atoms with Crippen LogP contribution in [-0.2, 0) is 4.79 Å². The van der Waals surface area contributed by atoms with Gasteiger partial charge in [-0.05, 0) is 31.5 Å². The second kappa shape index (κ2) is 6.25. The highest BCUT2D eigenvalue weighted by Crippen LogP contribution is 2.18. The summed E-state index contributed by atoms with van der Waals surface area (Å²) in [5, 5.41) is 9.42. The lowest BCUT2D eigenvalue weighted by Crippen LogP contribution is -2.31. The van der Waals surface area contributed by atoms with Crippen molar-refractivity contribution in [1.82, 2.24) is 4.90 Å². The van der Waals surface area contributed by atoms with E-state index in [0.717, 1.165) is 5.56 Å². The van der Waals surface area contributed by atoms with Crippen molar-refractivity contribution in [1.29, 1.82) is 0 Å². The Morgan fingerprint density at radius 1 is 1.53 bits per heavy atom. The van der Waals surface area contributed by atoms with Gasteiger partial charge in [-0.1, -0.05) is 12.1 Å². The number of amides is 1. The van der Waals surface area contributed by atoms with E-state index < -0.39 is 6.10 Å². The molecule has 0 aromatic heterocycles. The lowest BCUT2D eigenvalue weighted by atomic mass is 10.1. The molecular formula is C13H19NO3. The number of aliphatic hydroxyl groups is 1. The maximum atomic E-state index is 11.5. The van der Waals surface area contributed by atoms with Gasteiger partial charge in [0.1, 0.15) is 5.75 Å². The lowest BCUT2D eigenvalue weighted by molar-refractivity contribution is -0.131. The average molecular weight is 237 g/mol. The summed E-state index contributed by atoms with van der Waals surface area (Å²) in [5.74, 6) is 0.538. The zero-order valence-corrected chi connectivity index (χ0v) is 10.5. The van der Waals surface area contributed by atoms with Gasteiger partial charge in [0.05, 0.1) is 6.10 Å². The molecule has 1 N–H and O–H groups in total. The maximum Gasteiger partial charge on any atom is 0.260 e. The van der Waals surface area contributed by atoms with Crippen LogP contribution in [0.2, 0.25) is 0 Å². The Balaban J connectivity index is 2.57. The maximum absolute atomic E-state index is 11.5. The van der Waals surface area contributed by atoms with Gasteiger partial charge in [-0.2, -0.15) is 0 Å². The number of ether oxygens (including phenoxy) is 1. The second-order valence-corrected chi connectivity index (χ2v) is 3.95. The van der Waals surface area contributed by atoms with E-state index in [1.54, 1.807) is 37.1 Å². The number of rotatable bonds is 5. The largest absolute Gasteiger partial charge is 0.484 e. The lowest BCUT2D eigenvalue weighted by Gasteiger charge is -2.15. The molecule has 0 fully saturated rings. The molecule has 0 aliphatic carbocycles. The van der Waals surface area contributed by atoms with E-state index in [-0.39, 0.29) is 12.5 Å². The molecule has 4 heteroatoms. The molecule has 0 unspecified atom stereocenters. The molecule has 4 nitrogen and oxygen atoms in total. The molecule has 1 aromatic rings. The van der Waals surface area contributed by atoms with Crippen LogP contribution in [0.25, 0.3) is 0 Å². The summed E-state index contributed by atoms with van der Waals surface area (Å²) < 4.78 is 5.38. The Labute approximate surface area is 102 Å². The fraction of sp³-hybridized carbons (Fsp3) is 0.462. The van der Waals surface area contributed by atoms with E-state index in [1.807, 2.05) is 13.0 Å². The summed E-state index contributed by atoms with van der Waals surface area (Å²) in [6.07, 6.45) is -0.535. The molecule has 1 rings (SSSR count). The predicted octanol–water partition coefficient (Wildman–Crippen LogP) is 1.60. The van der Waals surface area contributed by atoms with Crippen molar-refractivity contribution in [3.05, 3.63) is 29.8 Å². The van der Waals surface area contributed by atoms with Crippen LogP contribution in [0.1, 0.15) is 25.5 Å². The van der Waals surface area contributed by atoms with Crippen LogP contribution in [0.3, 0.4) is 0 Å². The van der Waals surface area contributed by atoms with Crippen molar-refractivity contribution in [2.75, 3.05) is 20.2 Å². The Morgan fingerprint density at radius 3 is 2.82 bits per heavy atom. The molecule has 1 amide bonds. The minimum absolute atomic E-state index is 0.0214. The molecular weight excluding hydrogens is 218 g/mol. The van der Waals surface area contributed by atoms with Gasteiger partial charge in [0, 0.05) is 13.6 Å². The molecule has 0 spiro atoms. The number of nitrogens with zero attached hydrogens (tertiary/aromatic N) is 1. The predicted molar refractivity (Wildman–Crippen MR) is 65.9 cm³/mol. The first-order valence-corrected chi connectivity index (χ1v) is 5.69. The van der Waals surface area contributed by atoms with E-state index in [9.17, 15) is 9.90 Å². The van der Waals surface area contributed by atoms with Crippen molar-refractivity contribution in [3.8, 4) is 5.75 Å². The summed E-state index contributed by atoms with van der Waals surface area (Å²) in [6.45, 7) is 4.28. The van der Waals surface area contributed by atoms with Crippen molar-refractivity contribution in [2.24, 2.45) is 0 Å². The molecule has 0 bridgehead atoms. The van der Waals surface area contributed by atoms with E-state index in [4.69, 9.17) is 4.74 Å². The molecule has 94 valence electrons. The molecule has 0 aliphatic rings. The Morgan fingerprint density at radius 2 is 2.24 bits per heavy atom. The summed E-state index contributed by atoms with van der Waals surface area (Å²) in [4.78, 5) is 13.1. The number of carbonyl (C=O) groups is 1. The molecule has 0 saturated carbocycles. The zero-order chi connectivity index (χ0) is 12.8. The standard InChI is InChI=1S/C13H19NO3/c1-4-14(3)13(16)9-17-12-7-5-6-11(8-12)10(2)15/h5-8,10,15H,4,9H2,1-3H3/t10-/m0/s1. The van der Waals surface area contributed by atoms with Crippen LogP contribution in [0.4, 0.5) is 0 Å². The highest BCUT2D eigenvalue weighted by atomic mass is 16.5. The van der Waals surface area contributed by atoms with Crippen LogP contribution in [0, 0.1) is 0 Å². The molecule has 0 radical (unpaired) electrons. The van der Waals surface area contributed by atoms with E-state index in [1.165, 1.54) is 0 Å². The quantitative estimate of drug-likeness (QED) is 0.846. The first-order valence-electron chi connectivity index (χ1n) is 5.69. The second-order valence-electron chi connectivity index (χ2n) is 3.95. The SMILES string of the molecule is CCN(C)C(=O)COc1cccc([C@H](C)O)c1. The van der Waals surface area contributed by atoms with Gasteiger partial charge >= 0.3 is 0 Å². The van der Waals surface area contributed by atoms with Gasteiger partial charge in [-0.25, -0.2) is 0 Å². The Kier molecular flexibility index (Phi) is 4.97. The van der Waals surface area contributed by atoms with E-state index in [0.29, 0.717) is 12.3 Å². The minimum atomic E-state index is -0.535. The van der Waals surface area contributed by atoms with Gasteiger partial charge in [-0.15, -0.1) is 0 Å². The van der Waals surface area contributed by atoms with Gasteiger partial charge in [0.25, 0.3) is 5.91 Å². The molecule has 1 aromatic carbocycles. The first kappa shape index (κ1) is 13.5. The molecule has 0 saturated heterocycles. The molecule has 0 aliphatic heterocycles. The highest BCUT2D eigenvalue weighted by molar-refractivity contribution is 5.77. The van der Waals surface area contributed by atoms with Crippen molar-refractivity contribution in [3.63, 3.8) is 0 Å². The fourth-order valence-corrected chi connectivity index (χ4v) is 1.30. The number of likely N-dealkylation sites (N-methyl/N-ethyl adjacent to an activating group) is 1. The summed E-state index contributed by atoms with van der Waals surface area (Å²) in [7, 11) is 1.73. The number of carbonyl (C=O) groups excluding carboxylic acids is 1. The number of aliphatic hydroxyl groups excluding tert-OH is 1. The van der Waals surface area contributed by atoms with Crippen LogP contribution in [-0.4, -0.2) is 36.1 Å². The fourth-order valence-electron chi connectivity index (χ4n) is 1.30. The first-order chi connectivity index (χ1) is 8.04. The summed E-state index contributed by atoms with van der Waals surface area (Å²) in [5.41, 5.74) is 0.777. The van der Waals surface area contributed by atoms with E-state index >= 15 is 0 Å². The number of benzene rings is 1. The average Bonchev–Trinajstić information content (AvgIpc) is 2.35. The van der Waals surface area contributed by atoms with Crippen molar-refractivity contribution >= 4 is 5.91 Å². The van der Waals surface area contributed by atoms with Crippen LogP contribution in [0.5, 0.6) is 5.75 Å². The topological polar surface area (TPSA) is 49.8 Å². The molecule has 1 atom stereocenters. The van der Waals surface area contributed by atoms with Crippen LogP contribution in [0.15, 0.2) is 24.3 Å². The van der Waals surface area contributed by atoms with Gasteiger partial charge < -0.3 is 14.7 Å². The third-order valence-electron chi connectivity index (χ3n) is 2.60. The number of hydrogen-bond acceptors (Lipinski definition) is 3. The monoisotopic (exact) mass is 237 g/mol. The van der Waals surface area contributed by atoms with Crippen molar-refractivity contribution < 1.29 is 14.6 Å². The third-order valence-corrected chi connectivity index (χ3v) is 2.60. The minimum Gasteiger partial charge on any atom is -0.484 e. The summed E-state index contributed by atoms with van der Waals surface area (Å²) in [6, 6.07) is 7.12. The summed E-state index contributed by atoms with van der Waals surface area (Å²) >= 11 is 0. The zero-order valence-electron chi connectivity index (χ0n) is 10.5. The van der Waals surface area contributed by atoms with Crippen LogP contribution < -0.4 is 4.74 Å². The van der Waals surface area contributed by atoms with Crippen molar-refractivity contribution in [2.45, 2.75) is 20.0 Å². The molecule has 0 heterocycles. The number of hydrogen-bond donors (Lipinski definition) is 1. The van der Waals surface area contributed by atoms with E-state index in [2.05, 4.69) is 0 Å². The smallest absolute Gasteiger partial charge is 0.260 e. The Bertz CT molecular complexity index is 377. The third kappa shape index (κ3) is 4.07. The van der Waals surface area contributed by atoms with Gasteiger partial charge in [0.15, 0.2) is 6.61 Å². The van der Waals surface area contributed by atoms with Crippen LogP contribution >= 0.6 is 0 Å². The van der Waals surface area contributed by atoms with Gasteiger partial charge in [-0.3, -0.25) is 4.79 Å². The normalized spacial score (nSPS) is 12.0. The highest BCUT2D eigenvalue weighted by Gasteiger charge is 2.08. The molecule has 17 heavy (non-hydrogen) atoms.